The van der Waals surface area contributed by atoms with Crippen LogP contribution >= 0.6 is 11.6 Å². The Kier molecular flexibility index (Phi) is 7.75. The van der Waals surface area contributed by atoms with Gasteiger partial charge in [-0.15, -0.1) is 0 Å². The number of carbonyl (C=O) groups excluding carboxylic acids is 1. The molecule has 29 heavy (non-hydrogen) atoms. The van der Waals surface area contributed by atoms with E-state index in [0.29, 0.717) is 29.0 Å². The van der Waals surface area contributed by atoms with Crippen molar-refractivity contribution in [2.75, 3.05) is 18.4 Å². The van der Waals surface area contributed by atoms with Crippen molar-refractivity contribution in [3.8, 4) is 11.5 Å². The average Bonchev–Trinajstić information content (AvgIpc) is 2.66. The van der Waals surface area contributed by atoms with Crippen LogP contribution in [0.15, 0.2) is 47.4 Å². The summed E-state index contributed by atoms with van der Waals surface area (Å²) in [5, 5.41) is 3.16. The first-order chi connectivity index (χ1) is 13.6. The quantitative estimate of drug-likeness (QED) is 0.620. The molecule has 2 rings (SSSR count). The lowest BCUT2D eigenvalue weighted by molar-refractivity contribution is -0.127. The number of benzene rings is 2. The van der Waals surface area contributed by atoms with Gasteiger partial charge < -0.3 is 14.8 Å². The van der Waals surface area contributed by atoms with Gasteiger partial charge in [-0.2, -0.15) is 0 Å². The van der Waals surface area contributed by atoms with E-state index >= 15 is 0 Å². The predicted molar refractivity (Wildman–Crippen MR) is 113 cm³/mol. The van der Waals surface area contributed by atoms with E-state index in [1.54, 1.807) is 19.1 Å². The molecule has 0 unspecified atom stereocenters. The van der Waals surface area contributed by atoms with Crippen molar-refractivity contribution < 1.29 is 22.7 Å². The van der Waals surface area contributed by atoms with E-state index in [-0.39, 0.29) is 16.5 Å². The van der Waals surface area contributed by atoms with Crippen LogP contribution in [-0.4, -0.2) is 34.1 Å². The standard InChI is InChI=1S/C20H25ClN2O5S/c1-13(2)12-22-20(24)14(3)28-16-6-8-17(9-7-16)29(25,26)23-18-11-15(21)5-10-19(18)27-4/h5-11,13-14,23H,12H2,1-4H3,(H,22,24)/t14-/m1/s1. The number of amides is 1. The Morgan fingerprint density at radius 1 is 1.10 bits per heavy atom. The maximum absolute atomic E-state index is 12.7. The third kappa shape index (κ3) is 6.54. The fraction of sp³-hybridized carbons (Fsp3) is 0.350. The van der Waals surface area contributed by atoms with Gasteiger partial charge in [0.2, 0.25) is 0 Å². The van der Waals surface area contributed by atoms with Crippen molar-refractivity contribution >= 4 is 33.2 Å². The topological polar surface area (TPSA) is 93.7 Å². The van der Waals surface area contributed by atoms with Crippen LogP contribution in [-0.2, 0) is 14.8 Å². The molecule has 2 N–H and O–H groups in total. The van der Waals surface area contributed by atoms with E-state index in [9.17, 15) is 13.2 Å². The molecule has 0 aliphatic carbocycles. The summed E-state index contributed by atoms with van der Waals surface area (Å²) in [7, 11) is -2.43. The van der Waals surface area contributed by atoms with E-state index in [1.807, 2.05) is 13.8 Å². The summed E-state index contributed by atoms with van der Waals surface area (Å²) >= 11 is 5.94. The highest BCUT2D eigenvalue weighted by atomic mass is 35.5. The second-order valence-corrected chi connectivity index (χ2v) is 8.94. The molecule has 158 valence electrons. The summed E-state index contributed by atoms with van der Waals surface area (Å²) in [4.78, 5) is 12.0. The number of halogens is 1. The van der Waals surface area contributed by atoms with Gasteiger partial charge in [-0.1, -0.05) is 25.4 Å². The monoisotopic (exact) mass is 440 g/mol. The highest BCUT2D eigenvalue weighted by Gasteiger charge is 2.18. The van der Waals surface area contributed by atoms with Crippen LogP contribution in [0, 0.1) is 5.92 Å². The van der Waals surface area contributed by atoms with Crippen LogP contribution in [0.1, 0.15) is 20.8 Å². The lowest BCUT2D eigenvalue weighted by Crippen LogP contribution is -2.38. The van der Waals surface area contributed by atoms with Gasteiger partial charge in [-0.3, -0.25) is 9.52 Å². The van der Waals surface area contributed by atoms with Crippen molar-refractivity contribution in [2.24, 2.45) is 5.92 Å². The molecule has 1 amide bonds. The first-order valence-electron chi connectivity index (χ1n) is 9.03. The molecule has 0 heterocycles. The van der Waals surface area contributed by atoms with Gasteiger partial charge in [0.25, 0.3) is 15.9 Å². The molecule has 2 aromatic rings. The van der Waals surface area contributed by atoms with Crippen LogP contribution in [0.5, 0.6) is 11.5 Å². The highest BCUT2D eigenvalue weighted by molar-refractivity contribution is 7.92. The molecule has 0 saturated heterocycles. The molecule has 0 aliphatic heterocycles. The van der Waals surface area contributed by atoms with Gasteiger partial charge in [0.05, 0.1) is 17.7 Å². The Hall–Kier alpha value is -2.45. The minimum Gasteiger partial charge on any atom is -0.495 e. The molecule has 0 aromatic heterocycles. The minimum atomic E-state index is -3.87. The minimum absolute atomic E-state index is 0.0313. The molecule has 2 aromatic carbocycles. The first-order valence-corrected chi connectivity index (χ1v) is 10.9. The zero-order chi connectivity index (χ0) is 21.6. The molecule has 0 saturated carbocycles. The first kappa shape index (κ1) is 22.8. The SMILES string of the molecule is COc1ccc(Cl)cc1NS(=O)(=O)c1ccc(O[C@H](C)C(=O)NCC(C)C)cc1. The third-order valence-electron chi connectivity index (χ3n) is 3.91. The van der Waals surface area contributed by atoms with Crippen LogP contribution in [0.2, 0.25) is 5.02 Å². The van der Waals surface area contributed by atoms with Crippen LogP contribution in [0.25, 0.3) is 0 Å². The molecule has 0 aliphatic rings. The second kappa shape index (κ2) is 9.84. The van der Waals surface area contributed by atoms with Crippen LogP contribution in [0.3, 0.4) is 0 Å². The van der Waals surface area contributed by atoms with Gasteiger partial charge in [0.1, 0.15) is 11.5 Å². The fourth-order valence-corrected chi connectivity index (χ4v) is 3.60. The Bertz CT molecular complexity index is 946. The summed E-state index contributed by atoms with van der Waals surface area (Å²) in [5.74, 6) is 0.835. The van der Waals surface area contributed by atoms with E-state index in [2.05, 4.69) is 10.0 Å². The number of rotatable bonds is 9. The zero-order valence-electron chi connectivity index (χ0n) is 16.7. The van der Waals surface area contributed by atoms with Gasteiger partial charge in [0.15, 0.2) is 6.10 Å². The van der Waals surface area contributed by atoms with E-state index in [1.165, 1.54) is 37.4 Å². The lowest BCUT2D eigenvalue weighted by atomic mass is 10.2. The van der Waals surface area contributed by atoms with E-state index in [4.69, 9.17) is 21.1 Å². The van der Waals surface area contributed by atoms with Gasteiger partial charge >= 0.3 is 0 Å². The number of ether oxygens (including phenoxy) is 2. The molecule has 0 fully saturated rings. The molecule has 9 heteroatoms. The predicted octanol–water partition coefficient (Wildman–Crippen LogP) is 3.69. The van der Waals surface area contributed by atoms with Gasteiger partial charge in [-0.25, -0.2) is 8.42 Å². The number of hydrogen-bond donors (Lipinski definition) is 2. The Labute approximate surface area is 176 Å². The number of nitrogens with one attached hydrogen (secondary N) is 2. The number of hydrogen-bond acceptors (Lipinski definition) is 5. The normalized spacial score (nSPS) is 12.3. The van der Waals surface area contributed by atoms with Gasteiger partial charge in [-0.05, 0) is 55.3 Å². The molecular weight excluding hydrogens is 416 g/mol. The van der Waals surface area contributed by atoms with E-state index in [0.717, 1.165) is 0 Å². The van der Waals surface area contributed by atoms with Crippen molar-refractivity contribution in [1.82, 2.24) is 5.32 Å². The number of sulfonamides is 1. The summed E-state index contributed by atoms with van der Waals surface area (Å²) in [6.45, 7) is 6.19. The molecule has 1 atom stereocenters. The third-order valence-corrected chi connectivity index (χ3v) is 5.52. The van der Waals surface area contributed by atoms with Crippen molar-refractivity contribution in [2.45, 2.75) is 31.8 Å². The van der Waals surface area contributed by atoms with Crippen molar-refractivity contribution in [3.05, 3.63) is 47.5 Å². The molecule has 0 bridgehead atoms. The molecule has 7 nitrogen and oxygen atoms in total. The molecule has 0 radical (unpaired) electrons. The maximum Gasteiger partial charge on any atom is 0.262 e. The summed E-state index contributed by atoms with van der Waals surface area (Å²) in [6.07, 6.45) is -0.704. The molecular formula is C20H25ClN2O5S. The van der Waals surface area contributed by atoms with E-state index < -0.39 is 16.1 Å². The van der Waals surface area contributed by atoms with Crippen molar-refractivity contribution in [3.63, 3.8) is 0 Å². The smallest absolute Gasteiger partial charge is 0.262 e. The second-order valence-electron chi connectivity index (χ2n) is 6.82. The Morgan fingerprint density at radius 3 is 2.34 bits per heavy atom. The lowest BCUT2D eigenvalue weighted by Gasteiger charge is -2.16. The largest absolute Gasteiger partial charge is 0.495 e. The zero-order valence-corrected chi connectivity index (χ0v) is 18.3. The summed E-state index contributed by atoms with van der Waals surface area (Å²) in [5.41, 5.74) is 0.232. The molecule has 0 spiro atoms. The maximum atomic E-state index is 12.7. The van der Waals surface area contributed by atoms with Gasteiger partial charge in [0, 0.05) is 11.6 Å². The number of carbonyl (C=O) groups is 1. The van der Waals surface area contributed by atoms with Crippen molar-refractivity contribution in [1.29, 1.82) is 0 Å². The number of anilines is 1. The Morgan fingerprint density at radius 2 is 1.76 bits per heavy atom. The van der Waals surface area contributed by atoms with Crippen LogP contribution in [0.4, 0.5) is 5.69 Å². The highest BCUT2D eigenvalue weighted by Crippen LogP contribution is 2.30. The average molecular weight is 441 g/mol. The fourth-order valence-electron chi connectivity index (χ4n) is 2.37. The summed E-state index contributed by atoms with van der Waals surface area (Å²) in [6, 6.07) is 10.4. The van der Waals surface area contributed by atoms with Crippen LogP contribution < -0.4 is 19.5 Å². The number of methoxy groups -OCH3 is 1. The Balaban J connectivity index is 2.09. The summed E-state index contributed by atoms with van der Waals surface area (Å²) < 4.78 is 38.5.